The molecule has 0 spiro atoms. The molecule has 1 aliphatic rings. The first kappa shape index (κ1) is 26.6. The van der Waals surface area contributed by atoms with Gasteiger partial charge in [0.05, 0.1) is 22.6 Å². The van der Waals surface area contributed by atoms with Gasteiger partial charge in [-0.3, -0.25) is 0 Å². The number of furan rings is 1. The minimum Gasteiger partial charge on any atom is -0.468 e. The van der Waals surface area contributed by atoms with Crippen LogP contribution in [0.1, 0.15) is 56.4 Å². The van der Waals surface area contributed by atoms with Gasteiger partial charge in [-0.1, -0.05) is 45.0 Å². The summed E-state index contributed by atoms with van der Waals surface area (Å²) in [6.07, 6.45) is 3.35. The van der Waals surface area contributed by atoms with Crippen molar-refractivity contribution in [2.45, 2.75) is 62.4 Å². The van der Waals surface area contributed by atoms with Gasteiger partial charge >= 0.3 is 0 Å². The maximum Gasteiger partial charge on any atom is 0.243 e. The first-order chi connectivity index (χ1) is 17.1. The van der Waals surface area contributed by atoms with Crippen LogP contribution in [0, 0.1) is 5.92 Å². The van der Waals surface area contributed by atoms with Gasteiger partial charge in [0.15, 0.2) is 0 Å². The minimum absolute atomic E-state index is 0.0406. The number of benzene rings is 2. The van der Waals surface area contributed by atoms with Crippen LogP contribution in [-0.2, 0) is 33.1 Å². The van der Waals surface area contributed by atoms with Crippen molar-refractivity contribution in [1.82, 2.24) is 8.61 Å². The van der Waals surface area contributed by atoms with Gasteiger partial charge in [0.2, 0.25) is 20.0 Å². The third-order valence-corrected chi connectivity index (χ3v) is 10.3. The van der Waals surface area contributed by atoms with Gasteiger partial charge in [0.25, 0.3) is 0 Å². The molecular formula is C27H34N2O5S2. The molecule has 0 radical (unpaired) electrons. The molecule has 1 atom stereocenters. The normalized spacial score (nSPS) is 17.6. The van der Waals surface area contributed by atoms with Gasteiger partial charge in [-0.25, -0.2) is 16.8 Å². The van der Waals surface area contributed by atoms with Crippen LogP contribution in [0.25, 0.3) is 0 Å². The number of piperidine rings is 1. The Kier molecular flexibility index (Phi) is 8.04. The van der Waals surface area contributed by atoms with Crippen molar-refractivity contribution >= 4 is 20.0 Å². The van der Waals surface area contributed by atoms with Gasteiger partial charge < -0.3 is 4.42 Å². The lowest BCUT2D eigenvalue weighted by atomic mass is 10.0. The fourth-order valence-corrected chi connectivity index (χ4v) is 7.45. The van der Waals surface area contributed by atoms with Crippen molar-refractivity contribution in [3.05, 3.63) is 83.8 Å². The van der Waals surface area contributed by atoms with Crippen LogP contribution in [0.4, 0.5) is 0 Å². The highest BCUT2D eigenvalue weighted by Crippen LogP contribution is 2.27. The van der Waals surface area contributed by atoms with Crippen molar-refractivity contribution in [3.8, 4) is 0 Å². The van der Waals surface area contributed by atoms with Gasteiger partial charge in [0.1, 0.15) is 5.76 Å². The van der Waals surface area contributed by atoms with Crippen molar-refractivity contribution in [1.29, 1.82) is 0 Å². The summed E-state index contributed by atoms with van der Waals surface area (Å²) in [4.78, 5) is 0.149. The highest BCUT2D eigenvalue weighted by Gasteiger charge is 2.30. The average molecular weight is 531 g/mol. The van der Waals surface area contributed by atoms with E-state index in [0.29, 0.717) is 30.7 Å². The molecule has 1 saturated heterocycles. The summed E-state index contributed by atoms with van der Waals surface area (Å²) in [5.41, 5.74) is 2.03. The molecule has 0 bridgehead atoms. The smallest absolute Gasteiger partial charge is 0.243 e. The quantitative estimate of drug-likeness (QED) is 0.379. The Morgan fingerprint density at radius 2 is 1.61 bits per heavy atom. The zero-order valence-electron chi connectivity index (χ0n) is 21.0. The fourth-order valence-electron chi connectivity index (χ4n) is 4.46. The lowest BCUT2D eigenvalue weighted by Gasteiger charge is -2.30. The second kappa shape index (κ2) is 10.9. The molecule has 2 aromatic carbocycles. The van der Waals surface area contributed by atoms with Crippen LogP contribution >= 0.6 is 0 Å². The summed E-state index contributed by atoms with van der Waals surface area (Å²) in [5, 5.41) is 0. The third-order valence-electron chi connectivity index (χ3n) is 6.64. The molecule has 1 aliphatic heterocycles. The molecule has 2 heterocycles. The van der Waals surface area contributed by atoms with E-state index in [1.807, 2.05) is 31.2 Å². The Balaban J connectivity index is 1.60. The molecule has 1 fully saturated rings. The standard InChI is InChI=1S/C27H34N2O5S2/c1-21(2)24-10-8-23(9-11-24)19-29(20-25-7-5-17-34-25)36(32,33)27-14-12-26(13-15-27)35(30,31)28-16-4-6-22(3)18-28/h5,7-15,17,21-22H,4,6,16,18-20H2,1-3H3. The topological polar surface area (TPSA) is 87.9 Å². The molecule has 0 saturated carbocycles. The van der Waals surface area contributed by atoms with E-state index in [0.717, 1.165) is 18.4 Å². The van der Waals surface area contributed by atoms with Crippen LogP contribution in [0.3, 0.4) is 0 Å². The summed E-state index contributed by atoms with van der Waals surface area (Å²) in [5.74, 6) is 1.21. The largest absolute Gasteiger partial charge is 0.468 e. The maximum absolute atomic E-state index is 13.7. The Morgan fingerprint density at radius 3 is 2.19 bits per heavy atom. The Morgan fingerprint density at radius 1 is 0.944 bits per heavy atom. The summed E-state index contributed by atoms with van der Waals surface area (Å²) >= 11 is 0. The second-order valence-corrected chi connectivity index (χ2v) is 13.7. The summed E-state index contributed by atoms with van der Waals surface area (Å²) in [6.45, 7) is 7.45. The zero-order chi connectivity index (χ0) is 25.9. The average Bonchev–Trinajstić information content (AvgIpc) is 3.37. The number of nitrogens with zero attached hydrogens (tertiary/aromatic N) is 2. The summed E-state index contributed by atoms with van der Waals surface area (Å²) in [7, 11) is -7.60. The second-order valence-electron chi connectivity index (χ2n) is 9.83. The predicted molar refractivity (Wildman–Crippen MR) is 139 cm³/mol. The van der Waals surface area contributed by atoms with E-state index in [1.54, 1.807) is 12.1 Å². The first-order valence-corrected chi connectivity index (χ1v) is 15.2. The van der Waals surface area contributed by atoms with Crippen molar-refractivity contribution in [2.24, 2.45) is 5.92 Å². The van der Waals surface area contributed by atoms with Crippen LogP contribution in [0.5, 0.6) is 0 Å². The van der Waals surface area contributed by atoms with E-state index >= 15 is 0 Å². The highest BCUT2D eigenvalue weighted by atomic mass is 32.2. The highest BCUT2D eigenvalue weighted by molar-refractivity contribution is 7.89. The van der Waals surface area contributed by atoms with E-state index in [-0.39, 0.29) is 22.9 Å². The van der Waals surface area contributed by atoms with Crippen LogP contribution in [0.15, 0.2) is 81.1 Å². The number of hydrogen-bond acceptors (Lipinski definition) is 5. The van der Waals surface area contributed by atoms with Gasteiger partial charge in [-0.2, -0.15) is 8.61 Å². The van der Waals surface area contributed by atoms with Crippen molar-refractivity contribution < 1.29 is 21.3 Å². The molecule has 1 unspecified atom stereocenters. The molecule has 1 aromatic heterocycles. The molecule has 3 aromatic rings. The summed E-state index contributed by atoms with van der Waals surface area (Å²) in [6, 6.07) is 16.9. The SMILES string of the molecule is CC1CCCN(S(=O)(=O)c2ccc(S(=O)(=O)N(Cc3ccc(C(C)C)cc3)Cc3ccco3)cc2)C1. The van der Waals surface area contributed by atoms with Crippen LogP contribution in [-0.4, -0.2) is 38.5 Å². The van der Waals surface area contributed by atoms with E-state index in [2.05, 4.69) is 13.8 Å². The zero-order valence-corrected chi connectivity index (χ0v) is 22.6. The predicted octanol–water partition coefficient (Wildman–Crippen LogP) is 5.21. The Hall–Kier alpha value is -2.46. The van der Waals surface area contributed by atoms with Crippen molar-refractivity contribution in [2.75, 3.05) is 13.1 Å². The summed E-state index contributed by atoms with van der Waals surface area (Å²) < 4.78 is 61.8. The molecule has 9 heteroatoms. The Labute approximate surface area is 214 Å². The van der Waals surface area contributed by atoms with E-state index in [1.165, 1.54) is 44.7 Å². The maximum atomic E-state index is 13.7. The fraction of sp³-hybridized carbons (Fsp3) is 0.407. The van der Waals surface area contributed by atoms with E-state index in [4.69, 9.17) is 4.42 Å². The van der Waals surface area contributed by atoms with Crippen molar-refractivity contribution in [3.63, 3.8) is 0 Å². The molecule has 0 aliphatic carbocycles. The minimum atomic E-state index is -3.93. The molecular weight excluding hydrogens is 496 g/mol. The monoisotopic (exact) mass is 530 g/mol. The third kappa shape index (κ3) is 5.91. The Bertz CT molecular complexity index is 1350. The molecule has 0 amide bonds. The lowest BCUT2D eigenvalue weighted by Crippen LogP contribution is -2.39. The first-order valence-electron chi connectivity index (χ1n) is 12.3. The van der Waals surface area contributed by atoms with E-state index in [9.17, 15) is 16.8 Å². The molecule has 194 valence electrons. The molecule has 7 nitrogen and oxygen atoms in total. The van der Waals surface area contributed by atoms with Crippen LogP contribution < -0.4 is 0 Å². The van der Waals surface area contributed by atoms with Crippen LogP contribution in [0.2, 0.25) is 0 Å². The molecule has 36 heavy (non-hydrogen) atoms. The number of rotatable bonds is 9. The van der Waals surface area contributed by atoms with Gasteiger partial charge in [-0.15, -0.1) is 0 Å². The number of sulfonamides is 2. The number of hydrogen-bond donors (Lipinski definition) is 0. The van der Waals surface area contributed by atoms with Gasteiger partial charge in [0, 0.05) is 19.6 Å². The van der Waals surface area contributed by atoms with Gasteiger partial charge in [-0.05, 0) is 72.2 Å². The van der Waals surface area contributed by atoms with E-state index < -0.39 is 20.0 Å². The molecule has 0 N–H and O–H groups in total. The lowest BCUT2D eigenvalue weighted by molar-refractivity contribution is 0.281. The molecule has 4 rings (SSSR count).